The van der Waals surface area contributed by atoms with E-state index in [9.17, 15) is 4.79 Å². The quantitative estimate of drug-likeness (QED) is 0.314. The first-order valence-electron chi connectivity index (χ1n) is 2.21. The second kappa shape index (κ2) is 12.4. The van der Waals surface area contributed by atoms with Crippen LogP contribution >= 0.6 is 0 Å². The van der Waals surface area contributed by atoms with Crippen LogP contribution in [0.2, 0.25) is 0 Å². The van der Waals surface area contributed by atoms with E-state index in [1.807, 2.05) is 0 Å². The van der Waals surface area contributed by atoms with Crippen molar-refractivity contribution in [1.29, 1.82) is 0 Å². The van der Waals surface area contributed by atoms with Crippen LogP contribution < -0.4 is 0 Å². The van der Waals surface area contributed by atoms with Crippen LogP contribution in [0.15, 0.2) is 12.7 Å². The van der Waals surface area contributed by atoms with Crippen LogP contribution in [0.5, 0.6) is 0 Å². The Morgan fingerprint density at radius 3 is 2.50 bits per heavy atom. The summed E-state index contributed by atoms with van der Waals surface area (Å²) in [6.07, 6.45) is 1.05. The predicted octanol–water partition coefficient (Wildman–Crippen LogP) is -1.05. The van der Waals surface area contributed by atoms with E-state index in [1.54, 1.807) is 0 Å². The van der Waals surface area contributed by atoms with Crippen molar-refractivity contribution in [2.75, 3.05) is 13.2 Å². The monoisotopic (exact) mass is 146 g/mol. The zero-order valence-electron chi connectivity index (χ0n) is 6.46. The Kier molecular flexibility index (Phi) is 21.2. The van der Waals surface area contributed by atoms with Crippen LogP contribution in [0, 0.1) is 0 Å². The molecule has 0 aliphatic heterocycles. The van der Waals surface area contributed by atoms with Gasteiger partial charge in [0.2, 0.25) is 0 Å². The van der Waals surface area contributed by atoms with Gasteiger partial charge in [-0.05, 0) is 0 Å². The molecule has 3 nitrogen and oxygen atoms in total. The Balaban J connectivity index is -0.000000245. The van der Waals surface area contributed by atoms with Crippen LogP contribution in [-0.2, 0) is 9.53 Å². The SMILES string of the molecule is C=CC(=O)OCCO.[Li].[Na]. The molecule has 0 aliphatic carbocycles. The minimum absolute atomic E-state index is 0. The summed E-state index contributed by atoms with van der Waals surface area (Å²) in [5, 5.41) is 8.10. The molecule has 0 fully saturated rings. The first kappa shape index (κ1) is 17.0. The third-order valence-electron chi connectivity index (χ3n) is 0.502. The average Bonchev–Trinajstić information content (AvgIpc) is 1.83. The van der Waals surface area contributed by atoms with Gasteiger partial charge in [-0.15, -0.1) is 0 Å². The molecule has 0 heterocycles. The van der Waals surface area contributed by atoms with Gasteiger partial charge < -0.3 is 9.84 Å². The molecule has 0 atom stereocenters. The second-order valence-corrected chi connectivity index (χ2v) is 1.10. The van der Waals surface area contributed by atoms with Gasteiger partial charge in [0.15, 0.2) is 0 Å². The zero-order valence-corrected chi connectivity index (χ0v) is 8.46. The molecule has 0 rings (SSSR count). The summed E-state index contributed by atoms with van der Waals surface area (Å²) in [5.41, 5.74) is 0. The van der Waals surface area contributed by atoms with Crippen LogP contribution in [0.4, 0.5) is 0 Å². The van der Waals surface area contributed by atoms with E-state index in [-0.39, 0.29) is 61.6 Å². The Bertz CT molecular complexity index is 96.9. The Morgan fingerprint density at radius 1 is 1.70 bits per heavy atom. The van der Waals surface area contributed by atoms with Gasteiger partial charge >= 0.3 is 5.97 Å². The third-order valence-corrected chi connectivity index (χ3v) is 0.502. The molecule has 1 N–H and O–H groups in total. The zero-order chi connectivity index (χ0) is 6.41. The standard InChI is InChI=1S/C5H8O3.Li.Na/c1-2-5(7)8-4-3-6;;/h2,6H,1,3-4H2;;. The van der Waals surface area contributed by atoms with Crippen LogP contribution in [0.25, 0.3) is 0 Å². The summed E-state index contributed by atoms with van der Waals surface area (Å²) in [7, 11) is 0. The molecule has 0 bridgehead atoms. The Hall–Kier alpha value is 0.767. The minimum Gasteiger partial charge on any atom is -0.460 e. The number of esters is 1. The molecule has 5 heteroatoms. The first-order chi connectivity index (χ1) is 3.81. The molecule has 0 saturated heterocycles. The molecular formula is C5H8LiNaO3. The topological polar surface area (TPSA) is 46.5 Å². The van der Waals surface area contributed by atoms with Crippen molar-refractivity contribution in [3.8, 4) is 0 Å². The van der Waals surface area contributed by atoms with Gasteiger partial charge in [-0.1, -0.05) is 6.58 Å². The summed E-state index contributed by atoms with van der Waals surface area (Å²) in [6, 6.07) is 0. The van der Waals surface area contributed by atoms with Crippen molar-refractivity contribution in [3.63, 3.8) is 0 Å². The summed E-state index contributed by atoms with van der Waals surface area (Å²) in [6.45, 7) is 3.06. The summed E-state index contributed by atoms with van der Waals surface area (Å²) in [5.74, 6) is -0.501. The van der Waals surface area contributed by atoms with Crippen molar-refractivity contribution in [1.82, 2.24) is 0 Å². The third kappa shape index (κ3) is 11.5. The summed E-state index contributed by atoms with van der Waals surface area (Å²) < 4.78 is 4.33. The van der Waals surface area contributed by atoms with E-state index in [0.29, 0.717) is 0 Å². The average molecular weight is 146 g/mol. The number of hydrogen-bond donors (Lipinski definition) is 1. The fourth-order valence-electron chi connectivity index (χ4n) is 0.205. The van der Waals surface area contributed by atoms with Gasteiger partial charge in [0.25, 0.3) is 0 Å². The van der Waals surface area contributed by atoms with E-state index in [1.165, 1.54) is 0 Å². The molecule has 0 aromatic rings. The largest absolute Gasteiger partial charge is 0.460 e. The van der Waals surface area contributed by atoms with Crippen molar-refractivity contribution in [2.45, 2.75) is 0 Å². The molecule has 0 aromatic heterocycles. The van der Waals surface area contributed by atoms with Crippen molar-refractivity contribution < 1.29 is 14.6 Å². The number of ether oxygens (including phenoxy) is 1. The molecule has 0 amide bonds. The molecule has 2 radical (unpaired) electrons. The molecule has 0 unspecified atom stereocenters. The van der Waals surface area contributed by atoms with Crippen LogP contribution in [-0.4, -0.2) is 72.7 Å². The van der Waals surface area contributed by atoms with Crippen molar-refractivity contribution in [3.05, 3.63) is 12.7 Å². The Morgan fingerprint density at radius 2 is 2.20 bits per heavy atom. The molecule has 0 spiro atoms. The molecule has 48 valence electrons. The number of carbonyl (C=O) groups excluding carboxylic acids is 1. The maximum Gasteiger partial charge on any atom is 0.330 e. The van der Waals surface area contributed by atoms with Gasteiger partial charge in [-0.2, -0.15) is 0 Å². The first-order valence-corrected chi connectivity index (χ1v) is 2.21. The maximum atomic E-state index is 10.1. The smallest absolute Gasteiger partial charge is 0.330 e. The molecule has 0 saturated carbocycles. The maximum absolute atomic E-state index is 10.1. The van der Waals surface area contributed by atoms with Gasteiger partial charge in [0, 0.05) is 54.5 Å². The van der Waals surface area contributed by atoms with E-state index in [2.05, 4.69) is 11.3 Å². The number of aliphatic hydroxyl groups is 1. The molecular weight excluding hydrogens is 138 g/mol. The second-order valence-electron chi connectivity index (χ2n) is 1.10. The van der Waals surface area contributed by atoms with Crippen LogP contribution in [0.3, 0.4) is 0 Å². The molecule has 0 aromatic carbocycles. The Labute approximate surface area is 94.3 Å². The van der Waals surface area contributed by atoms with Crippen LogP contribution in [0.1, 0.15) is 0 Å². The summed E-state index contributed by atoms with van der Waals surface area (Å²) in [4.78, 5) is 10.1. The van der Waals surface area contributed by atoms with Crippen molar-refractivity contribution in [2.24, 2.45) is 0 Å². The predicted molar refractivity (Wildman–Crippen MR) is 39.7 cm³/mol. The molecule has 10 heavy (non-hydrogen) atoms. The van der Waals surface area contributed by atoms with Gasteiger partial charge in [0.05, 0.1) is 6.61 Å². The fourth-order valence-corrected chi connectivity index (χ4v) is 0.205. The van der Waals surface area contributed by atoms with E-state index in [4.69, 9.17) is 5.11 Å². The van der Waals surface area contributed by atoms with E-state index >= 15 is 0 Å². The molecule has 0 aliphatic rings. The van der Waals surface area contributed by atoms with Gasteiger partial charge in [0.1, 0.15) is 6.61 Å². The minimum atomic E-state index is -0.501. The number of carbonyl (C=O) groups is 1. The van der Waals surface area contributed by atoms with E-state index < -0.39 is 5.97 Å². The fraction of sp³-hybridized carbons (Fsp3) is 0.400. The van der Waals surface area contributed by atoms with Gasteiger partial charge in [-0.25, -0.2) is 4.79 Å². The van der Waals surface area contributed by atoms with Gasteiger partial charge in [-0.3, -0.25) is 0 Å². The number of aliphatic hydroxyl groups excluding tert-OH is 1. The number of rotatable bonds is 3. The summed E-state index contributed by atoms with van der Waals surface area (Å²) >= 11 is 0. The number of hydrogen-bond acceptors (Lipinski definition) is 3. The normalized spacial score (nSPS) is 6.50. The van der Waals surface area contributed by atoms with E-state index in [0.717, 1.165) is 6.08 Å². The van der Waals surface area contributed by atoms with Crippen molar-refractivity contribution >= 4 is 54.4 Å².